The van der Waals surface area contributed by atoms with Crippen LogP contribution in [0.3, 0.4) is 0 Å². The highest BCUT2D eigenvalue weighted by Gasteiger charge is 2.35. The van der Waals surface area contributed by atoms with Gasteiger partial charge >= 0.3 is 0 Å². The molecule has 0 aliphatic heterocycles. The quantitative estimate of drug-likeness (QED) is 0.771. The average Bonchev–Trinajstić information content (AvgIpc) is 2.31. The first-order valence-electron chi connectivity index (χ1n) is 7.38. The number of nitrogens with zero attached hydrogens (tertiary/aromatic N) is 1. The summed E-state index contributed by atoms with van der Waals surface area (Å²) in [4.78, 5) is 2.55. The molecule has 0 atom stereocenters. The van der Waals surface area contributed by atoms with Gasteiger partial charge in [-0.25, -0.2) is 0 Å². The molecule has 0 unspecified atom stereocenters. The van der Waals surface area contributed by atoms with Gasteiger partial charge in [-0.2, -0.15) is 0 Å². The van der Waals surface area contributed by atoms with Gasteiger partial charge < -0.3 is 10.0 Å². The predicted molar refractivity (Wildman–Crippen MR) is 74.2 cm³/mol. The van der Waals surface area contributed by atoms with E-state index in [-0.39, 0.29) is 5.41 Å². The zero-order valence-electron chi connectivity index (χ0n) is 12.2. The minimum absolute atomic E-state index is 0.186. The minimum atomic E-state index is 0.186. The monoisotopic (exact) mass is 241 g/mol. The van der Waals surface area contributed by atoms with E-state index in [4.69, 9.17) is 0 Å². The van der Waals surface area contributed by atoms with Crippen LogP contribution in [0.25, 0.3) is 0 Å². The molecule has 0 aromatic heterocycles. The normalized spacial score (nSPS) is 30.2. The summed E-state index contributed by atoms with van der Waals surface area (Å²) in [5.41, 5.74) is 0.186. The molecule has 1 saturated carbocycles. The van der Waals surface area contributed by atoms with Gasteiger partial charge in [0.1, 0.15) is 0 Å². The van der Waals surface area contributed by atoms with Gasteiger partial charge in [-0.15, -0.1) is 0 Å². The second-order valence-electron chi connectivity index (χ2n) is 6.40. The zero-order chi connectivity index (χ0) is 12.9. The Morgan fingerprint density at radius 2 is 1.88 bits per heavy atom. The molecule has 1 aliphatic carbocycles. The smallest absolute Gasteiger partial charge is 0.0499 e. The Kier molecular flexibility index (Phi) is 5.94. The van der Waals surface area contributed by atoms with Gasteiger partial charge in [0.25, 0.3) is 0 Å². The van der Waals surface area contributed by atoms with Crippen LogP contribution in [0.4, 0.5) is 0 Å². The van der Waals surface area contributed by atoms with Crippen LogP contribution in [0.2, 0.25) is 0 Å². The van der Waals surface area contributed by atoms with Crippen LogP contribution in [-0.4, -0.2) is 35.7 Å². The Morgan fingerprint density at radius 3 is 2.29 bits per heavy atom. The molecule has 0 saturated heterocycles. The lowest BCUT2D eigenvalue weighted by Gasteiger charge is -2.42. The molecule has 0 heterocycles. The predicted octanol–water partition coefficient (Wildman–Crippen LogP) is 3.30. The number of aliphatic hydroxyl groups is 1. The fourth-order valence-corrected chi connectivity index (χ4v) is 2.98. The molecule has 0 spiro atoms. The average molecular weight is 241 g/mol. The maximum atomic E-state index is 9.80. The van der Waals surface area contributed by atoms with E-state index in [1.54, 1.807) is 0 Å². The number of rotatable bonds is 6. The highest BCUT2D eigenvalue weighted by atomic mass is 16.3. The summed E-state index contributed by atoms with van der Waals surface area (Å²) in [5.74, 6) is 0.855. The van der Waals surface area contributed by atoms with Crippen molar-refractivity contribution in [2.24, 2.45) is 11.3 Å². The first-order valence-corrected chi connectivity index (χ1v) is 7.38. The van der Waals surface area contributed by atoms with E-state index in [1.807, 2.05) is 0 Å². The molecule has 1 N–H and O–H groups in total. The van der Waals surface area contributed by atoms with Gasteiger partial charge in [0.05, 0.1) is 0 Å². The van der Waals surface area contributed by atoms with Crippen LogP contribution in [0.5, 0.6) is 0 Å². The van der Waals surface area contributed by atoms with Gasteiger partial charge in [0.2, 0.25) is 0 Å². The van der Waals surface area contributed by atoms with Crippen molar-refractivity contribution in [3.05, 3.63) is 0 Å². The van der Waals surface area contributed by atoms with Crippen LogP contribution in [-0.2, 0) is 0 Å². The highest BCUT2D eigenvalue weighted by Crippen LogP contribution is 2.39. The summed E-state index contributed by atoms with van der Waals surface area (Å²) >= 11 is 0. The van der Waals surface area contributed by atoms with Gasteiger partial charge in [-0.05, 0) is 45.6 Å². The fraction of sp³-hybridized carbons (Fsp3) is 1.00. The van der Waals surface area contributed by atoms with E-state index >= 15 is 0 Å². The lowest BCUT2D eigenvalue weighted by atomic mass is 9.71. The Morgan fingerprint density at radius 1 is 1.29 bits per heavy atom. The summed E-state index contributed by atoms with van der Waals surface area (Å²) < 4.78 is 0. The molecule has 1 fully saturated rings. The van der Waals surface area contributed by atoms with E-state index in [0.29, 0.717) is 12.6 Å². The zero-order valence-corrected chi connectivity index (χ0v) is 12.2. The van der Waals surface area contributed by atoms with E-state index in [9.17, 15) is 5.11 Å². The maximum Gasteiger partial charge on any atom is 0.0499 e. The van der Waals surface area contributed by atoms with Crippen molar-refractivity contribution in [2.45, 2.75) is 65.8 Å². The van der Waals surface area contributed by atoms with Crippen LogP contribution < -0.4 is 0 Å². The molecule has 0 aromatic carbocycles. The largest absolute Gasteiger partial charge is 0.396 e. The van der Waals surface area contributed by atoms with Crippen molar-refractivity contribution in [1.29, 1.82) is 0 Å². The van der Waals surface area contributed by atoms with Crippen LogP contribution in [0.1, 0.15) is 59.8 Å². The summed E-state index contributed by atoms with van der Waals surface area (Å²) in [7, 11) is 0. The van der Waals surface area contributed by atoms with Crippen LogP contribution >= 0.6 is 0 Å². The maximum absolute atomic E-state index is 9.80. The third-order valence-corrected chi connectivity index (χ3v) is 4.45. The first kappa shape index (κ1) is 15.0. The lowest BCUT2D eigenvalue weighted by molar-refractivity contribution is 0.0200. The third-order valence-electron chi connectivity index (χ3n) is 4.45. The minimum Gasteiger partial charge on any atom is -0.396 e. The summed E-state index contributed by atoms with van der Waals surface area (Å²) in [6.07, 6.45) is 6.20. The standard InChI is InChI=1S/C15H31NO/c1-5-10-16(13(2)3)11-15(12-17)8-6-14(4)7-9-15/h13-14,17H,5-12H2,1-4H3. The molecule has 2 heteroatoms. The second kappa shape index (κ2) is 6.75. The number of aliphatic hydroxyl groups excluding tert-OH is 1. The third kappa shape index (κ3) is 4.26. The van der Waals surface area contributed by atoms with Crippen LogP contribution in [0.15, 0.2) is 0 Å². The second-order valence-corrected chi connectivity index (χ2v) is 6.40. The highest BCUT2D eigenvalue weighted by molar-refractivity contribution is 4.87. The van der Waals surface area contributed by atoms with Crippen molar-refractivity contribution in [3.63, 3.8) is 0 Å². The van der Waals surface area contributed by atoms with Crippen molar-refractivity contribution in [1.82, 2.24) is 4.90 Å². The molecule has 0 amide bonds. The van der Waals surface area contributed by atoms with Crippen molar-refractivity contribution in [2.75, 3.05) is 19.7 Å². The Balaban J connectivity index is 2.60. The molecule has 17 heavy (non-hydrogen) atoms. The van der Waals surface area contributed by atoms with E-state index in [0.717, 1.165) is 19.0 Å². The number of hydrogen-bond donors (Lipinski definition) is 1. The van der Waals surface area contributed by atoms with E-state index in [1.165, 1.54) is 32.1 Å². The molecular formula is C15H31NO. The van der Waals surface area contributed by atoms with Gasteiger partial charge in [-0.1, -0.05) is 26.7 Å². The molecule has 1 aliphatic rings. The summed E-state index contributed by atoms with van der Waals surface area (Å²) in [5, 5.41) is 9.80. The Hall–Kier alpha value is -0.0800. The molecule has 0 radical (unpaired) electrons. The van der Waals surface area contributed by atoms with Gasteiger partial charge in [-0.3, -0.25) is 0 Å². The Labute approximate surface area is 107 Å². The van der Waals surface area contributed by atoms with Gasteiger partial charge in [0, 0.05) is 24.6 Å². The molecule has 1 rings (SSSR count). The van der Waals surface area contributed by atoms with Gasteiger partial charge in [0.15, 0.2) is 0 Å². The molecule has 2 nitrogen and oxygen atoms in total. The topological polar surface area (TPSA) is 23.5 Å². The fourth-order valence-electron chi connectivity index (χ4n) is 2.98. The van der Waals surface area contributed by atoms with Crippen molar-refractivity contribution >= 4 is 0 Å². The first-order chi connectivity index (χ1) is 8.03. The molecular weight excluding hydrogens is 210 g/mol. The molecule has 102 valence electrons. The number of hydrogen-bond acceptors (Lipinski definition) is 2. The summed E-state index contributed by atoms with van der Waals surface area (Å²) in [6.45, 7) is 11.7. The molecule has 0 bridgehead atoms. The lowest BCUT2D eigenvalue weighted by Crippen LogP contribution is -2.45. The van der Waals surface area contributed by atoms with E-state index in [2.05, 4.69) is 32.6 Å². The summed E-state index contributed by atoms with van der Waals surface area (Å²) in [6, 6.07) is 0.595. The SMILES string of the molecule is CCCN(CC1(CO)CCC(C)CC1)C(C)C. The Bertz CT molecular complexity index is 207. The van der Waals surface area contributed by atoms with Crippen molar-refractivity contribution in [3.8, 4) is 0 Å². The van der Waals surface area contributed by atoms with E-state index < -0.39 is 0 Å². The van der Waals surface area contributed by atoms with Crippen molar-refractivity contribution < 1.29 is 5.11 Å². The van der Waals surface area contributed by atoms with Crippen LogP contribution in [0, 0.1) is 11.3 Å². The molecule has 0 aromatic rings.